The van der Waals surface area contributed by atoms with Crippen molar-refractivity contribution in [3.8, 4) is 6.07 Å². The summed E-state index contributed by atoms with van der Waals surface area (Å²) in [4.78, 5) is 4.38. The van der Waals surface area contributed by atoms with Gasteiger partial charge in [-0.3, -0.25) is 4.98 Å². The van der Waals surface area contributed by atoms with Gasteiger partial charge in [-0.15, -0.1) is 0 Å². The van der Waals surface area contributed by atoms with Crippen molar-refractivity contribution in [2.45, 2.75) is 38.3 Å². The van der Waals surface area contributed by atoms with Crippen molar-refractivity contribution in [2.24, 2.45) is 0 Å². The van der Waals surface area contributed by atoms with Crippen LogP contribution in [-0.4, -0.2) is 17.1 Å². The van der Waals surface area contributed by atoms with Gasteiger partial charge in [0, 0.05) is 30.4 Å². The van der Waals surface area contributed by atoms with Crippen LogP contribution < -0.4 is 5.32 Å². The average Bonchev–Trinajstić information content (AvgIpc) is 2.89. The zero-order chi connectivity index (χ0) is 14.7. The van der Waals surface area contributed by atoms with Crippen LogP contribution in [0.15, 0.2) is 42.6 Å². The van der Waals surface area contributed by atoms with E-state index < -0.39 is 0 Å². The smallest absolute Gasteiger partial charge is 0.0991 e. The lowest BCUT2D eigenvalue weighted by Gasteiger charge is -2.18. The Morgan fingerprint density at radius 1 is 1.29 bits per heavy atom. The number of rotatable bonds is 4. The molecule has 3 rings (SSSR count). The number of fused-ring (bicyclic) bond motifs is 1. The van der Waals surface area contributed by atoms with Crippen molar-refractivity contribution in [3.05, 3.63) is 65.0 Å². The number of pyridine rings is 1. The summed E-state index contributed by atoms with van der Waals surface area (Å²) in [5.74, 6) is 0. The molecule has 0 saturated carbocycles. The predicted molar refractivity (Wildman–Crippen MR) is 82.9 cm³/mol. The normalized spacial score (nSPS) is 18.0. The van der Waals surface area contributed by atoms with Gasteiger partial charge >= 0.3 is 0 Å². The molecule has 1 aromatic heterocycles. The number of aromatic nitrogens is 1. The van der Waals surface area contributed by atoms with E-state index in [1.807, 2.05) is 30.5 Å². The Morgan fingerprint density at radius 3 is 2.90 bits per heavy atom. The van der Waals surface area contributed by atoms with Crippen LogP contribution in [0, 0.1) is 11.3 Å². The molecular weight excluding hydrogens is 258 g/mol. The third-order valence-electron chi connectivity index (χ3n) is 4.03. The molecule has 0 bridgehead atoms. The van der Waals surface area contributed by atoms with Crippen LogP contribution in [0.4, 0.5) is 0 Å². The largest absolute Gasteiger partial charge is 0.310 e. The molecule has 3 nitrogen and oxygen atoms in total. The van der Waals surface area contributed by atoms with Gasteiger partial charge < -0.3 is 5.32 Å². The summed E-state index contributed by atoms with van der Waals surface area (Å²) >= 11 is 0. The summed E-state index contributed by atoms with van der Waals surface area (Å²) in [5.41, 5.74) is 4.57. The minimum absolute atomic E-state index is 0.398. The molecule has 0 amide bonds. The van der Waals surface area contributed by atoms with Gasteiger partial charge in [0.2, 0.25) is 0 Å². The fourth-order valence-corrected chi connectivity index (χ4v) is 3.10. The maximum Gasteiger partial charge on any atom is 0.0991 e. The van der Waals surface area contributed by atoms with Crippen LogP contribution in [0.3, 0.4) is 0 Å². The molecule has 1 aliphatic rings. The minimum atomic E-state index is 0.398. The van der Waals surface area contributed by atoms with Crippen LogP contribution in [0.2, 0.25) is 0 Å². The lowest BCUT2D eigenvalue weighted by molar-refractivity contribution is 0.451. The van der Waals surface area contributed by atoms with Gasteiger partial charge in [-0.2, -0.15) is 5.26 Å². The van der Waals surface area contributed by atoms with Gasteiger partial charge in [-0.25, -0.2) is 0 Å². The van der Waals surface area contributed by atoms with Crippen LogP contribution in [0.1, 0.15) is 29.3 Å². The van der Waals surface area contributed by atoms with Gasteiger partial charge in [-0.05, 0) is 55.2 Å². The van der Waals surface area contributed by atoms with E-state index in [1.54, 1.807) is 0 Å². The van der Waals surface area contributed by atoms with E-state index in [-0.39, 0.29) is 0 Å². The standard InChI is InChI=1S/C18H19N3/c1-13(8-17-4-2-3-7-20-17)21-18-10-15-6-5-14(12-19)9-16(15)11-18/h2-7,9,13,18,21H,8,10-11H2,1H3. The van der Waals surface area contributed by atoms with Crippen molar-refractivity contribution in [1.82, 2.24) is 10.3 Å². The van der Waals surface area contributed by atoms with Crippen molar-refractivity contribution in [3.63, 3.8) is 0 Å². The molecule has 0 saturated heterocycles. The Hall–Kier alpha value is -2.18. The molecule has 1 aromatic carbocycles. The second-order valence-corrected chi connectivity index (χ2v) is 5.79. The molecule has 0 fully saturated rings. The summed E-state index contributed by atoms with van der Waals surface area (Å²) in [6, 6.07) is 15.2. The fourth-order valence-electron chi connectivity index (χ4n) is 3.10. The van der Waals surface area contributed by atoms with Gasteiger partial charge in [0.15, 0.2) is 0 Å². The molecule has 0 radical (unpaired) electrons. The van der Waals surface area contributed by atoms with E-state index in [2.05, 4.69) is 35.4 Å². The molecule has 1 aliphatic carbocycles. The number of hydrogen-bond donors (Lipinski definition) is 1. The van der Waals surface area contributed by atoms with Crippen LogP contribution in [0.5, 0.6) is 0 Å². The third kappa shape index (κ3) is 3.29. The van der Waals surface area contributed by atoms with Crippen molar-refractivity contribution in [1.29, 1.82) is 5.26 Å². The highest BCUT2D eigenvalue weighted by atomic mass is 14.9. The predicted octanol–water partition coefficient (Wildman–Crippen LogP) is 2.64. The molecule has 106 valence electrons. The highest BCUT2D eigenvalue weighted by molar-refractivity contribution is 5.41. The Balaban J connectivity index is 1.59. The summed E-state index contributed by atoms with van der Waals surface area (Å²) in [5, 5.41) is 12.7. The average molecular weight is 277 g/mol. The molecule has 1 N–H and O–H groups in total. The number of nitrogens with one attached hydrogen (secondary N) is 1. The van der Waals surface area contributed by atoms with Crippen molar-refractivity contribution in [2.75, 3.05) is 0 Å². The first-order valence-corrected chi connectivity index (χ1v) is 7.42. The number of nitriles is 1. The van der Waals surface area contributed by atoms with E-state index >= 15 is 0 Å². The minimum Gasteiger partial charge on any atom is -0.310 e. The van der Waals surface area contributed by atoms with E-state index in [9.17, 15) is 0 Å². The lowest BCUT2D eigenvalue weighted by Crippen LogP contribution is -2.38. The quantitative estimate of drug-likeness (QED) is 0.934. The first kappa shape index (κ1) is 13.8. The monoisotopic (exact) mass is 277 g/mol. The summed E-state index contributed by atoms with van der Waals surface area (Å²) < 4.78 is 0. The van der Waals surface area contributed by atoms with Gasteiger partial charge in [0.1, 0.15) is 0 Å². The molecule has 2 aromatic rings. The first-order valence-electron chi connectivity index (χ1n) is 7.42. The number of hydrogen-bond acceptors (Lipinski definition) is 3. The fraction of sp³-hybridized carbons (Fsp3) is 0.333. The SMILES string of the molecule is CC(Cc1ccccn1)NC1Cc2ccc(C#N)cc2C1. The van der Waals surface area contributed by atoms with E-state index in [0.717, 1.165) is 30.5 Å². The highest BCUT2D eigenvalue weighted by Gasteiger charge is 2.22. The Kier molecular flexibility index (Phi) is 3.98. The summed E-state index contributed by atoms with van der Waals surface area (Å²) in [6.45, 7) is 2.21. The zero-order valence-corrected chi connectivity index (χ0v) is 12.2. The van der Waals surface area contributed by atoms with Crippen molar-refractivity contribution < 1.29 is 0 Å². The van der Waals surface area contributed by atoms with E-state index in [4.69, 9.17) is 5.26 Å². The molecule has 0 aliphatic heterocycles. The Labute approximate surface area is 125 Å². The molecule has 21 heavy (non-hydrogen) atoms. The molecule has 3 heteroatoms. The highest BCUT2D eigenvalue weighted by Crippen LogP contribution is 2.23. The summed E-state index contributed by atoms with van der Waals surface area (Å²) in [6.07, 6.45) is 4.85. The zero-order valence-electron chi connectivity index (χ0n) is 12.2. The Bertz CT molecular complexity index is 658. The molecule has 2 unspecified atom stereocenters. The molecule has 1 heterocycles. The first-order chi connectivity index (χ1) is 10.2. The number of nitrogens with zero attached hydrogens (tertiary/aromatic N) is 2. The Morgan fingerprint density at radius 2 is 2.14 bits per heavy atom. The van der Waals surface area contributed by atoms with Gasteiger partial charge in [0.25, 0.3) is 0 Å². The van der Waals surface area contributed by atoms with Crippen LogP contribution >= 0.6 is 0 Å². The maximum atomic E-state index is 8.97. The lowest BCUT2D eigenvalue weighted by atomic mass is 10.1. The molecular formula is C18H19N3. The molecule has 0 spiro atoms. The van der Waals surface area contributed by atoms with Crippen LogP contribution in [0.25, 0.3) is 0 Å². The van der Waals surface area contributed by atoms with E-state index in [1.165, 1.54) is 11.1 Å². The second-order valence-electron chi connectivity index (χ2n) is 5.79. The summed E-state index contributed by atoms with van der Waals surface area (Å²) in [7, 11) is 0. The third-order valence-corrected chi connectivity index (χ3v) is 4.03. The van der Waals surface area contributed by atoms with Crippen LogP contribution in [-0.2, 0) is 19.3 Å². The van der Waals surface area contributed by atoms with E-state index in [0.29, 0.717) is 12.1 Å². The van der Waals surface area contributed by atoms with Gasteiger partial charge in [-0.1, -0.05) is 12.1 Å². The second kappa shape index (κ2) is 6.07. The molecule has 2 atom stereocenters. The topological polar surface area (TPSA) is 48.7 Å². The maximum absolute atomic E-state index is 8.97. The van der Waals surface area contributed by atoms with Crippen molar-refractivity contribution >= 4 is 0 Å². The van der Waals surface area contributed by atoms with Gasteiger partial charge in [0.05, 0.1) is 11.6 Å². The number of benzene rings is 1.